The molecule has 0 atom stereocenters. The van der Waals surface area contributed by atoms with Crippen molar-refractivity contribution in [2.75, 3.05) is 11.9 Å². The quantitative estimate of drug-likeness (QED) is 0.661. The number of benzene rings is 1. The molecule has 2 aromatic rings. The van der Waals surface area contributed by atoms with E-state index in [0.717, 1.165) is 50.4 Å². The molecule has 0 radical (unpaired) electrons. The third kappa shape index (κ3) is 4.70. The van der Waals surface area contributed by atoms with Crippen LogP contribution in [0.3, 0.4) is 0 Å². The van der Waals surface area contributed by atoms with Gasteiger partial charge < -0.3 is 9.64 Å². The van der Waals surface area contributed by atoms with Crippen LogP contribution < -0.4 is 9.64 Å². The Labute approximate surface area is 157 Å². The van der Waals surface area contributed by atoms with E-state index in [1.165, 1.54) is 5.56 Å². The van der Waals surface area contributed by atoms with Gasteiger partial charge in [-0.2, -0.15) is 18.2 Å². The summed E-state index contributed by atoms with van der Waals surface area (Å²) in [6.07, 6.45) is 1.53. The van der Waals surface area contributed by atoms with Crippen LogP contribution in [0.15, 0.2) is 30.5 Å². The van der Waals surface area contributed by atoms with E-state index in [9.17, 15) is 13.2 Å². The summed E-state index contributed by atoms with van der Waals surface area (Å²) in [5.74, 6) is -0.201. The van der Waals surface area contributed by atoms with Gasteiger partial charge in [-0.05, 0) is 49.8 Å². The summed E-state index contributed by atoms with van der Waals surface area (Å²) in [6.45, 7) is 2.11. The molecule has 1 saturated carbocycles. The molecule has 1 fully saturated rings. The number of aromatic nitrogens is 2. The molecule has 0 aliphatic heterocycles. The van der Waals surface area contributed by atoms with Gasteiger partial charge in [0.05, 0.1) is 0 Å². The van der Waals surface area contributed by atoms with Crippen molar-refractivity contribution in [2.24, 2.45) is 0 Å². The highest BCUT2D eigenvalue weighted by atomic mass is 19.4. The Morgan fingerprint density at radius 3 is 2.41 bits per heavy atom. The fourth-order valence-corrected chi connectivity index (χ4v) is 3.26. The average Bonchev–Trinajstić information content (AvgIpc) is 3.14. The Kier molecular flexibility index (Phi) is 5.87. The molecule has 1 aliphatic rings. The molecular weight excluding hydrogens is 355 g/mol. The zero-order valence-electron chi connectivity index (χ0n) is 15.6. The molecule has 7 heteroatoms. The van der Waals surface area contributed by atoms with Gasteiger partial charge in [0.25, 0.3) is 0 Å². The zero-order chi connectivity index (χ0) is 19.4. The minimum Gasteiger partial charge on any atom is -0.474 e. The Morgan fingerprint density at radius 1 is 1.15 bits per heavy atom. The number of hydrogen-bond acceptors (Lipinski definition) is 4. The fourth-order valence-electron chi connectivity index (χ4n) is 3.26. The van der Waals surface area contributed by atoms with Gasteiger partial charge in [0.15, 0.2) is 0 Å². The molecule has 0 amide bonds. The first-order valence-electron chi connectivity index (χ1n) is 9.32. The van der Waals surface area contributed by atoms with Crippen LogP contribution in [0.4, 0.5) is 24.8 Å². The van der Waals surface area contributed by atoms with E-state index in [1.807, 2.05) is 24.3 Å². The van der Waals surface area contributed by atoms with Gasteiger partial charge in [-0.3, -0.25) is 0 Å². The highest BCUT2D eigenvalue weighted by Gasteiger charge is 2.37. The number of anilines is 2. The standard InChI is InChI=1S/C20H24F3N3O/c1-3-6-14-9-11-15(12-10-14)26(2)19-24-13-17(20(21,22)23)18(25-19)27-16-7-4-5-8-16/h9-13,16H,3-8H2,1-2H3. The van der Waals surface area contributed by atoms with Gasteiger partial charge in [0, 0.05) is 18.9 Å². The monoisotopic (exact) mass is 379 g/mol. The summed E-state index contributed by atoms with van der Waals surface area (Å²) >= 11 is 0. The molecule has 0 N–H and O–H groups in total. The van der Waals surface area contributed by atoms with Crippen LogP contribution in [-0.2, 0) is 12.6 Å². The summed E-state index contributed by atoms with van der Waals surface area (Å²) in [5.41, 5.74) is 1.10. The first-order valence-corrected chi connectivity index (χ1v) is 9.32. The molecule has 1 aromatic carbocycles. The summed E-state index contributed by atoms with van der Waals surface area (Å²) in [7, 11) is 1.73. The van der Waals surface area contributed by atoms with Gasteiger partial charge in [-0.15, -0.1) is 0 Å². The highest BCUT2D eigenvalue weighted by Crippen LogP contribution is 2.37. The van der Waals surface area contributed by atoms with E-state index in [0.29, 0.717) is 0 Å². The van der Waals surface area contributed by atoms with Crippen molar-refractivity contribution in [1.82, 2.24) is 9.97 Å². The van der Waals surface area contributed by atoms with Crippen LogP contribution in [0, 0.1) is 0 Å². The van der Waals surface area contributed by atoms with Gasteiger partial charge in [-0.25, -0.2) is 4.98 Å². The lowest BCUT2D eigenvalue weighted by Crippen LogP contribution is -2.20. The minimum atomic E-state index is -4.55. The van der Waals surface area contributed by atoms with Crippen molar-refractivity contribution in [3.8, 4) is 5.88 Å². The average molecular weight is 379 g/mol. The Morgan fingerprint density at radius 2 is 1.81 bits per heavy atom. The fraction of sp³-hybridized carbons (Fsp3) is 0.500. The number of aryl methyl sites for hydroxylation is 1. The van der Waals surface area contributed by atoms with Crippen LogP contribution in [0.1, 0.15) is 50.2 Å². The molecule has 1 heterocycles. The van der Waals surface area contributed by atoms with Crippen molar-refractivity contribution in [3.05, 3.63) is 41.6 Å². The first kappa shape index (κ1) is 19.5. The van der Waals surface area contributed by atoms with Gasteiger partial charge in [0.2, 0.25) is 11.8 Å². The maximum atomic E-state index is 13.3. The number of nitrogens with zero attached hydrogens (tertiary/aromatic N) is 3. The summed E-state index contributed by atoms with van der Waals surface area (Å²) < 4.78 is 45.6. The molecule has 3 rings (SSSR count). The van der Waals surface area contributed by atoms with Crippen molar-refractivity contribution in [3.63, 3.8) is 0 Å². The van der Waals surface area contributed by atoms with Crippen molar-refractivity contribution in [2.45, 2.75) is 57.7 Å². The molecule has 146 valence electrons. The molecule has 0 bridgehead atoms. The van der Waals surface area contributed by atoms with Crippen LogP contribution >= 0.6 is 0 Å². The molecule has 4 nitrogen and oxygen atoms in total. The zero-order valence-corrected chi connectivity index (χ0v) is 15.6. The van der Waals surface area contributed by atoms with E-state index < -0.39 is 11.7 Å². The molecule has 1 aromatic heterocycles. The molecule has 0 spiro atoms. The maximum Gasteiger partial charge on any atom is 0.423 e. The first-order chi connectivity index (χ1) is 12.9. The topological polar surface area (TPSA) is 38.2 Å². The largest absolute Gasteiger partial charge is 0.474 e. The van der Waals surface area contributed by atoms with E-state index in [4.69, 9.17) is 4.74 Å². The van der Waals surface area contributed by atoms with Crippen molar-refractivity contribution >= 4 is 11.6 Å². The van der Waals surface area contributed by atoms with Crippen molar-refractivity contribution < 1.29 is 17.9 Å². The second-order valence-electron chi connectivity index (χ2n) is 6.89. The predicted molar refractivity (Wildman–Crippen MR) is 98.4 cm³/mol. The van der Waals surface area contributed by atoms with Crippen LogP contribution in [0.5, 0.6) is 5.88 Å². The highest BCUT2D eigenvalue weighted by molar-refractivity contribution is 5.57. The lowest BCUT2D eigenvalue weighted by Gasteiger charge is -2.21. The van der Waals surface area contributed by atoms with E-state index in [-0.39, 0.29) is 17.9 Å². The third-order valence-electron chi connectivity index (χ3n) is 4.79. The van der Waals surface area contributed by atoms with Crippen LogP contribution in [0.25, 0.3) is 0 Å². The van der Waals surface area contributed by atoms with Crippen LogP contribution in [0.2, 0.25) is 0 Å². The maximum absolute atomic E-state index is 13.3. The second kappa shape index (κ2) is 8.15. The Balaban J connectivity index is 1.87. The lowest BCUT2D eigenvalue weighted by molar-refractivity contribution is -0.139. The van der Waals surface area contributed by atoms with Gasteiger partial charge >= 0.3 is 6.18 Å². The molecule has 0 unspecified atom stereocenters. The number of alkyl halides is 3. The second-order valence-corrected chi connectivity index (χ2v) is 6.89. The van der Waals surface area contributed by atoms with Gasteiger partial charge in [-0.1, -0.05) is 25.5 Å². The Hall–Kier alpha value is -2.31. The lowest BCUT2D eigenvalue weighted by atomic mass is 10.1. The minimum absolute atomic E-state index is 0.180. The molecular formula is C20H24F3N3O. The predicted octanol–water partition coefficient (Wildman–Crippen LogP) is 5.54. The van der Waals surface area contributed by atoms with E-state index in [2.05, 4.69) is 16.9 Å². The normalized spacial score (nSPS) is 15.1. The molecule has 27 heavy (non-hydrogen) atoms. The molecule has 1 aliphatic carbocycles. The van der Waals surface area contributed by atoms with Gasteiger partial charge in [0.1, 0.15) is 11.7 Å². The SMILES string of the molecule is CCCc1ccc(N(C)c2ncc(C(F)(F)F)c(OC3CCCC3)n2)cc1. The van der Waals surface area contributed by atoms with E-state index in [1.54, 1.807) is 11.9 Å². The third-order valence-corrected chi connectivity index (χ3v) is 4.79. The van der Waals surface area contributed by atoms with E-state index >= 15 is 0 Å². The van der Waals surface area contributed by atoms with Crippen LogP contribution in [-0.4, -0.2) is 23.1 Å². The number of rotatable bonds is 6. The van der Waals surface area contributed by atoms with Crippen molar-refractivity contribution in [1.29, 1.82) is 0 Å². The summed E-state index contributed by atoms with van der Waals surface area (Å²) in [5, 5.41) is 0. The number of ether oxygens (including phenoxy) is 1. The summed E-state index contributed by atoms with van der Waals surface area (Å²) in [4.78, 5) is 9.70. The summed E-state index contributed by atoms with van der Waals surface area (Å²) in [6, 6.07) is 7.86. The molecule has 0 saturated heterocycles. The Bertz CT molecular complexity index is 756. The smallest absolute Gasteiger partial charge is 0.423 e. The number of hydrogen-bond donors (Lipinski definition) is 0. The number of halogens is 3.